The standard InChI is InChI=1S/C20H10/c1-2-11-4-7-14-10-13-6-5-12-8-9-16-15(3-1)18(11)19(14)20(16)17(12)13/h1-10H. The average molecular weight is 250 g/mol. The number of hydrogen-bond donors (Lipinski definition) is 0. The zero-order valence-electron chi connectivity index (χ0n) is 10.8. The lowest BCUT2D eigenvalue weighted by Gasteiger charge is -2.05. The number of rotatable bonds is 0. The van der Waals surface area contributed by atoms with Crippen LogP contribution in [0.2, 0.25) is 0 Å². The molecule has 0 aliphatic carbocycles. The van der Waals surface area contributed by atoms with Crippen LogP contribution in [0.3, 0.4) is 0 Å². The summed E-state index contributed by atoms with van der Waals surface area (Å²) in [5.74, 6) is 0. The van der Waals surface area contributed by atoms with Crippen LogP contribution in [0.25, 0.3) is 53.9 Å². The molecule has 0 saturated carbocycles. The summed E-state index contributed by atoms with van der Waals surface area (Å²) in [6, 6.07) is 22.6. The lowest BCUT2D eigenvalue weighted by Crippen LogP contribution is -1.76. The van der Waals surface area contributed by atoms with Crippen molar-refractivity contribution in [2.75, 3.05) is 0 Å². The Labute approximate surface area is 115 Å². The van der Waals surface area contributed by atoms with Crippen LogP contribution >= 0.6 is 0 Å². The fraction of sp³-hybridized carbons (Fsp3) is 0. The van der Waals surface area contributed by atoms with Gasteiger partial charge in [0.1, 0.15) is 0 Å². The summed E-state index contributed by atoms with van der Waals surface area (Å²) in [5.41, 5.74) is 0. The smallest absolute Gasteiger partial charge is 0.000807 e. The van der Waals surface area contributed by atoms with E-state index in [4.69, 9.17) is 0 Å². The third kappa shape index (κ3) is 0.820. The van der Waals surface area contributed by atoms with Crippen LogP contribution in [-0.4, -0.2) is 0 Å². The van der Waals surface area contributed by atoms with E-state index in [1.807, 2.05) is 0 Å². The Morgan fingerprint density at radius 1 is 0.400 bits per heavy atom. The van der Waals surface area contributed by atoms with Gasteiger partial charge in [-0.3, -0.25) is 0 Å². The van der Waals surface area contributed by atoms with Gasteiger partial charge in [0.15, 0.2) is 0 Å². The maximum absolute atomic E-state index is 2.34. The Bertz CT molecular complexity index is 1230. The Morgan fingerprint density at radius 3 is 1.95 bits per heavy atom. The predicted molar refractivity (Wildman–Crippen MR) is 87.5 cm³/mol. The molecule has 0 N–H and O–H groups in total. The maximum Gasteiger partial charge on any atom is -0.000807 e. The number of hydrogen-bond acceptors (Lipinski definition) is 0. The molecule has 6 rings (SSSR count). The fourth-order valence-electron chi connectivity index (χ4n) is 4.11. The molecule has 0 aliphatic heterocycles. The Kier molecular flexibility index (Phi) is 1.30. The zero-order valence-corrected chi connectivity index (χ0v) is 10.8. The van der Waals surface area contributed by atoms with Crippen LogP contribution < -0.4 is 0 Å². The molecule has 6 aromatic carbocycles. The van der Waals surface area contributed by atoms with Crippen molar-refractivity contribution in [3.8, 4) is 0 Å². The van der Waals surface area contributed by atoms with Gasteiger partial charge in [-0.2, -0.15) is 0 Å². The van der Waals surface area contributed by atoms with E-state index in [1.54, 1.807) is 0 Å². The van der Waals surface area contributed by atoms with Crippen molar-refractivity contribution in [2.45, 2.75) is 0 Å². The largest absolute Gasteiger partial charge is 0.0610 e. The van der Waals surface area contributed by atoms with Crippen LogP contribution in [0.15, 0.2) is 60.7 Å². The lowest BCUT2D eigenvalue weighted by atomic mass is 9.98. The molecule has 0 heteroatoms. The van der Waals surface area contributed by atoms with Gasteiger partial charge in [0.05, 0.1) is 0 Å². The van der Waals surface area contributed by atoms with Gasteiger partial charge in [-0.05, 0) is 59.9 Å². The normalized spacial score (nSPS) is 13.0. The summed E-state index contributed by atoms with van der Waals surface area (Å²) < 4.78 is 0. The van der Waals surface area contributed by atoms with E-state index in [0.29, 0.717) is 0 Å². The first-order chi connectivity index (χ1) is 9.92. The highest BCUT2D eigenvalue weighted by atomic mass is 14.2. The van der Waals surface area contributed by atoms with Crippen molar-refractivity contribution in [2.24, 2.45) is 0 Å². The Hall–Kier alpha value is -2.60. The van der Waals surface area contributed by atoms with E-state index in [1.165, 1.54) is 53.9 Å². The molecule has 0 aromatic heterocycles. The van der Waals surface area contributed by atoms with E-state index < -0.39 is 0 Å². The molecule has 0 amide bonds. The molecule has 0 atom stereocenters. The molecule has 90 valence electrons. The summed E-state index contributed by atoms with van der Waals surface area (Å²) in [6.45, 7) is 0. The van der Waals surface area contributed by atoms with Crippen LogP contribution in [0.4, 0.5) is 0 Å². The molecule has 0 saturated heterocycles. The summed E-state index contributed by atoms with van der Waals surface area (Å²) in [5, 5.41) is 14.1. The third-order valence-corrected chi connectivity index (χ3v) is 4.90. The van der Waals surface area contributed by atoms with Crippen LogP contribution in [-0.2, 0) is 0 Å². The minimum atomic E-state index is 1.36. The minimum absolute atomic E-state index is 1.36. The van der Waals surface area contributed by atoms with Crippen molar-refractivity contribution >= 4 is 53.9 Å². The van der Waals surface area contributed by atoms with Crippen molar-refractivity contribution < 1.29 is 0 Å². The van der Waals surface area contributed by atoms with Gasteiger partial charge < -0.3 is 0 Å². The van der Waals surface area contributed by atoms with Crippen LogP contribution in [0.1, 0.15) is 0 Å². The summed E-state index contributed by atoms with van der Waals surface area (Å²) in [6.07, 6.45) is 0. The first-order valence-electron chi connectivity index (χ1n) is 7.05. The molecular formula is C20H10. The second kappa shape index (κ2) is 2.78. The molecule has 0 bridgehead atoms. The van der Waals surface area contributed by atoms with E-state index in [2.05, 4.69) is 60.7 Å². The van der Waals surface area contributed by atoms with E-state index in [-0.39, 0.29) is 0 Å². The topological polar surface area (TPSA) is 0 Å². The molecule has 0 spiro atoms. The van der Waals surface area contributed by atoms with Gasteiger partial charge in [-0.15, -0.1) is 0 Å². The summed E-state index contributed by atoms with van der Waals surface area (Å²) in [4.78, 5) is 0. The van der Waals surface area contributed by atoms with Gasteiger partial charge in [0.25, 0.3) is 0 Å². The van der Waals surface area contributed by atoms with Crippen LogP contribution in [0.5, 0.6) is 0 Å². The first kappa shape index (κ1) is 9.33. The highest BCUT2D eigenvalue weighted by Gasteiger charge is 2.18. The van der Waals surface area contributed by atoms with Gasteiger partial charge in [0, 0.05) is 0 Å². The molecule has 0 heterocycles. The predicted octanol–water partition coefficient (Wildman–Crippen LogP) is 5.77. The number of benzene rings is 4. The molecule has 0 radical (unpaired) electrons. The Balaban J connectivity index is 2.23. The van der Waals surface area contributed by atoms with E-state index >= 15 is 0 Å². The summed E-state index contributed by atoms with van der Waals surface area (Å²) >= 11 is 0. The Morgan fingerprint density at radius 2 is 1.05 bits per heavy atom. The molecule has 0 fully saturated rings. The van der Waals surface area contributed by atoms with Crippen molar-refractivity contribution in [1.29, 1.82) is 0 Å². The monoisotopic (exact) mass is 250 g/mol. The number of fused-ring (bicyclic) bond motifs is 1. The van der Waals surface area contributed by atoms with E-state index in [0.717, 1.165) is 0 Å². The van der Waals surface area contributed by atoms with Gasteiger partial charge in [-0.1, -0.05) is 54.6 Å². The van der Waals surface area contributed by atoms with Crippen molar-refractivity contribution in [3.05, 3.63) is 60.7 Å². The second-order valence-electron chi connectivity index (χ2n) is 5.82. The molecule has 6 aromatic rings. The highest BCUT2D eigenvalue weighted by Crippen LogP contribution is 2.46. The minimum Gasteiger partial charge on any atom is -0.0610 e. The molecular weight excluding hydrogens is 240 g/mol. The van der Waals surface area contributed by atoms with Gasteiger partial charge in [-0.25, -0.2) is 0 Å². The fourth-order valence-corrected chi connectivity index (χ4v) is 4.11. The van der Waals surface area contributed by atoms with Gasteiger partial charge >= 0.3 is 0 Å². The quantitative estimate of drug-likeness (QED) is 0.300. The third-order valence-electron chi connectivity index (χ3n) is 4.90. The first-order valence-corrected chi connectivity index (χ1v) is 7.05. The SMILES string of the molecule is c1cc2ccc3cc4ccc5ccc6c(c1)c2c3c6c54. The van der Waals surface area contributed by atoms with Crippen LogP contribution in [0, 0.1) is 0 Å². The molecule has 0 unspecified atom stereocenters. The lowest BCUT2D eigenvalue weighted by molar-refractivity contribution is 1.87. The van der Waals surface area contributed by atoms with Gasteiger partial charge in [0.2, 0.25) is 0 Å². The molecule has 0 aliphatic rings. The van der Waals surface area contributed by atoms with Crippen molar-refractivity contribution in [3.63, 3.8) is 0 Å². The summed E-state index contributed by atoms with van der Waals surface area (Å²) in [7, 11) is 0. The highest BCUT2D eigenvalue weighted by molar-refractivity contribution is 6.42. The van der Waals surface area contributed by atoms with Crippen molar-refractivity contribution in [1.82, 2.24) is 0 Å². The molecule has 0 nitrogen and oxygen atoms in total. The maximum atomic E-state index is 2.34. The second-order valence-corrected chi connectivity index (χ2v) is 5.82. The molecule has 20 heavy (non-hydrogen) atoms. The average Bonchev–Trinajstić information content (AvgIpc) is 3.04. The zero-order chi connectivity index (χ0) is 12.8. The van der Waals surface area contributed by atoms with E-state index in [9.17, 15) is 0 Å².